The highest BCUT2D eigenvalue weighted by Gasteiger charge is 2.23. The van der Waals surface area contributed by atoms with Gasteiger partial charge in [-0.25, -0.2) is 0 Å². The number of nitro benzene ring substituents is 2. The van der Waals surface area contributed by atoms with Crippen molar-refractivity contribution in [3.05, 3.63) is 77.7 Å². The zero-order valence-corrected chi connectivity index (χ0v) is 12.8. The van der Waals surface area contributed by atoms with Gasteiger partial charge in [0.05, 0.1) is 15.4 Å². The number of non-ortho nitro benzene ring substituents is 1. The Hall–Kier alpha value is -3.92. The minimum absolute atomic E-state index is 0.0000926. The third-order valence-corrected chi connectivity index (χ3v) is 2.93. The van der Waals surface area contributed by atoms with Gasteiger partial charge in [0.15, 0.2) is 9.95 Å². The summed E-state index contributed by atoms with van der Waals surface area (Å²) in [6, 6.07) is 8.44. The molecule has 0 bridgehead atoms. The van der Waals surface area contributed by atoms with Crippen LogP contribution in [0.4, 0.5) is 22.7 Å². The van der Waals surface area contributed by atoms with Crippen molar-refractivity contribution in [1.82, 2.24) is 0 Å². The molecule has 0 aliphatic rings. The molecule has 0 heterocycles. The van der Waals surface area contributed by atoms with Crippen LogP contribution in [0.15, 0.2) is 36.4 Å². The van der Waals surface area contributed by atoms with Crippen molar-refractivity contribution >= 4 is 22.7 Å². The Bertz CT molecular complexity index is 882. The van der Waals surface area contributed by atoms with E-state index in [1.165, 1.54) is 30.3 Å². The molecule has 0 aromatic heterocycles. The second kappa shape index (κ2) is 7.91. The lowest BCUT2D eigenvalue weighted by molar-refractivity contribution is -0.384. The van der Waals surface area contributed by atoms with Gasteiger partial charge in [-0.05, 0) is 19.4 Å². The fourth-order valence-electron chi connectivity index (χ4n) is 1.73. The highest BCUT2D eigenvalue weighted by Crippen LogP contribution is 2.27. The lowest BCUT2D eigenvalue weighted by atomic mass is 10.2. The molecule has 120 valence electrons. The summed E-state index contributed by atoms with van der Waals surface area (Å²) in [5, 5.41) is 37.4. The van der Waals surface area contributed by atoms with Gasteiger partial charge >= 0.3 is 17.1 Å². The first kappa shape index (κ1) is 18.1. The lowest BCUT2D eigenvalue weighted by Crippen LogP contribution is -1.88. The zero-order chi connectivity index (χ0) is 18.3. The van der Waals surface area contributed by atoms with E-state index in [0.717, 1.165) is 5.56 Å². The summed E-state index contributed by atoms with van der Waals surface area (Å²) in [7, 11) is 0. The molecule has 0 saturated heterocycles. The molecular weight excluding hydrogens is 316 g/mol. The van der Waals surface area contributed by atoms with Crippen molar-refractivity contribution in [3.8, 4) is 0 Å². The molecule has 2 aromatic carbocycles. The molecule has 0 fully saturated rings. The number of hydrogen-bond donors (Lipinski definition) is 0. The van der Waals surface area contributed by atoms with Crippen molar-refractivity contribution in [1.29, 1.82) is 10.8 Å². The third-order valence-electron chi connectivity index (χ3n) is 2.93. The van der Waals surface area contributed by atoms with Gasteiger partial charge in [-0.15, -0.1) is 0 Å². The van der Waals surface area contributed by atoms with Gasteiger partial charge in [0.1, 0.15) is 0 Å². The van der Waals surface area contributed by atoms with Gasteiger partial charge in [-0.2, -0.15) is 0 Å². The van der Waals surface area contributed by atoms with Gasteiger partial charge in [-0.1, -0.05) is 6.07 Å². The molecule has 0 amide bonds. The number of nitro groups is 2. The van der Waals surface area contributed by atoms with Crippen LogP contribution in [-0.4, -0.2) is 9.85 Å². The Morgan fingerprint density at radius 2 is 1.46 bits per heavy atom. The van der Waals surface area contributed by atoms with Crippen LogP contribution in [0.1, 0.15) is 11.1 Å². The molecule has 0 unspecified atom stereocenters. The summed E-state index contributed by atoms with van der Waals surface area (Å²) in [5.41, 5.74) is 1.48. The van der Waals surface area contributed by atoms with Crippen LogP contribution < -0.4 is 0 Å². The van der Waals surface area contributed by atoms with Crippen molar-refractivity contribution < 1.29 is 9.85 Å². The fraction of sp³-hybridized carbons (Fsp3) is 0.143. The first-order chi connectivity index (χ1) is 11.3. The zero-order valence-electron chi connectivity index (χ0n) is 12.8. The Kier molecular flexibility index (Phi) is 5.98. The minimum Gasteiger partial charge on any atom is -0.258 e. The number of diazo groups is 2. The van der Waals surface area contributed by atoms with Gasteiger partial charge in [-0.3, -0.25) is 20.2 Å². The predicted molar refractivity (Wildman–Crippen MR) is 85.2 cm³/mol. The van der Waals surface area contributed by atoms with E-state index in [1.807, 2.05) is 0 Å². The van der Waals surface area contributed by atoms with Crippen molar-refractivity contribution in [2.75, 3.05) is 0 Å². The number of aryl methyl sites for hydroxylation is 2. The standard InChI is InChI=1S/2C7H6N3O2/c1-5-4-6(10(11)12)2-3-7(5)9-8;1-5-2-3-6(9-8)7(4-5)10(11)12/h2*2-4H,1H3/q2*+1. The molecule has 0 N–H and O–H groups in total. The smallest absolute Gasteiger partial charge is 0.258 e. The molecule has 0 radical (unpaired) electrons. The Balaban J connectivity index is 0.000000240. The van der Waals surface area contributed by atoms with Gasteiger partial charge in [0.25, 0.3) is 5.69 Å². The van der Waals surface area contributed by atoms with Crippen molar-refractivity contribution in [2.24, 2.45) is 0 Å². The van der Waals surface area contributed by atoms with Crippen molar-refractivity contribution in [3.63, 3.8) is 0 Å². The molecule has 0 aliphatic carbocycles. The molecule has 0 saturated carbocycles. The maximum Gasteiger partial charge on any atom is 0.461 e. The highest BCUT2D eigenvalue weighted by molar-refractivity contribution is 5.62. The summed E-state index contributed by atoms with van der Waals surface area (Å²) in [6.45, 7) is 3.37. The maximum atomic E-state index is 10.4. The summed E-state index contributed by atoms with van der Waals surface area (Å²) in [6.07, 6.45) is 0. The van der Waals surface area contributed by atoms with E-state index in [9.17, 15) is 20.2 Å². The summed E-state index contributed by atoms with van der Waals surface area (Å²) in [4.78, 5) is 25.3. The molecular formula is C14H12N6O4+2. The van der Waals surface area contributed by atoms with Crippen LogP contribution in [0.3, 0.4) is 0 Å². The minimum atomic E-state index is -0.581. The second-order valence-electron chi connectivity index (χ2n) is 4.68. The molecule has 2 aromatic rings. The number of rotatable bonds is 2. The monoisotopic (exact) mass is 328 g/mol. The van der Waals surface area contributed by atoms with Crippen LogP contribution >= 0.6 is 0 Å². The van der Waals surface area contributed by atoms with Gasteiger partial charge in [0.2, 0.25) is 10.8 Å². The first-order valence-electron chi connectivity index (χ1n) is 6.50. The van der Waals surface area contributed by atoms with E-state index in [-0.39, 0.29) is 17.1 Å². The molecule has 0 spiro atoms. The van der Waals surface area contributed by atoms with Crippen molar-refractivity contribution in [2.45, 2.75) is 13.8 Å². The average Bonchev–Trinajstić information content (AvgIpc) is 2.55. The largest absolute Gasteiger partial charge is 0.461 e. The average molecular weight is 328 g/mol. The molecule has 0 aliphatic heterocycles. The Morgan fingerprint density at radius 1 is 0.875 bits per heavy atom. The summed E-state index contributed by atoms with van der Waals surface area (Å²) >= 11 is 0. The Morgan fingerprint density at radius 3 is 1.92 bits per heavy atom. The third kappa shape index (κ3) is 4.54. The van der Waals surface area contributed by atoms with Gasteiger partial charge < -0.3 is 0 Å². The quantitative estimate of drug-likeness (QED) is 0.441. The second-order valence-corrected chi connectivity index (χ2v) is 4.68. The van der Waals surface area contributed by atoms with Crippen LogP contribution in [0, 0.1) is 44.9 Å². The van der Waals surface area contributed by atoms with E-state index in [0.29, 0.717) is 11.3 Å². The summed E-state index contributed by atoms with van der Waals surface area (Å²) in [5.74, 6) is 0. The number of hydrogen-bond acceptors (Lipinski definition) is 6. The van der Waals surface area contributed by atoms with Crippen LogP contribution in [0.25, 0.3) is 9.95 Å². The maximum absolute atomic E-state index is 10.4. The molecule has 24 heavy (non-hydrogen) atoms. The van der Waals surface area contributed by atoms with Crippen LogP contribution in [0.2, 0.25) is 0 Å². The number of nitrogens with zero attached hydrogens (tertiary/aromatic N) is 6. The molecule has 2 rings (SSSR count). The van der Waals surface area contributed by atoms with E-state index in [2.05, 4.69) is 9.95 Å². The lowest BCUT2D eigenvalue weighted by Gasteiger charge is -1.89. The first-order valence-corrected chi connectivity index (χ1v) is 6.50. The van der Waals surface area contributed by atoms with Crippen LogP contribution in [-0.2, 0) is 0 Å². The molecule has 10 heteroatoms. The number of benzene rings is 2. The normalized spacial score (nSPS) is 9.00. The van der Waals surface area contributed by atoms with Crippen LogP contribution in [0.5, 0.6) is 0 Å². The van der Waals surface area contributed by atoms with E-state index in [4.69, 9.17) is 10.8 Å². The molecule has 10 nitrogen and oxygen atoms in total. The summed E-state index contributed by atoms with van der Waals surface area (Å²) < 4.78 is 0. The highest BCUT2D eigenvalue weighted by atomic mass is 16.6. The topological polar surface area (TPSA) is 143 Å². The van der Waals surface area contributed by atoms with E-state index < -0.39 is 9.85 Å². The Labute approximate surface area is 135 Å². The fourth-order valence-corrected chi connectivity index (χ4v) is 1.73. The van der Waals surface area contributed by atoms with Gasteiger partial charge in [0, 0.05) is 30.3 Å². The van der Waals surface area contributed by atoms with E-state index >= 15 is 0 Å². The van der Waals surface area contributed by atoms with E-state index in [1.54, 1.807) is 19.9 Å². The molecule has 0 atom stereocenters. The predicted octanol–water partition coefficient (Wildman–Crippen LogP) is 4.78. The SMILES string of the molecule is Cc1cc([N+](=O)[O-])ccc1[N+]#N.Cc1ccc([N+]#N)c([N+](=O)[O-])c1.